The van der Waals surface area contributed by atoms with Gasteiger partial charge in [-0.3, -0.25) is 4.90 Å². The second-order valence-electron chi connectivity index (χ2n) is 5.96. The van der Waals surface area contributed by atoms with Gasteiger partial charge >= 0.3 is 0 Å². The molecule has 2 aromatic rings. The minimum absolute atomic E-state index is 0.0147. The molecule has 0 spiro atoms. The molecule has 2 aromatic carbocycles. The molecule has 24 heavy (non-hydrogen) atoms. The van der Waals surface area contributed by atoms with Gasteiger partial charge in [0.15, 0.2) is 11.6 Å². The van der Waals surface area contributed by atoms with E-state index in [9.17, 15) is 4.39 Å². The lowest BCUT2D eigenvalue weighted by Gasteiger charge is -2.32. The molecule has 1 fully saturated rings. The van der Waals surface area contributed by atoms with Crippen molar-refractivity contribution >= 4 is 15.9 Å². The first-order valence-electron chi connectivity index (χ1n) is 8.23. The standard InChI is InChI=1S/C19H22BrFN2O/c1-24-18-8-7-14(13-17(18)21)19(15-5-2-3-6-16(15)20)23-11-4-9-22-10-12-23/h2-3,5-8,13,19,22H,4,9-12H2,1H3. The molecule has 128 valence electrons. The van der Waals surface area contributed by atoms with Gasteiger partial charge in [-0.1, -0.05) is 40.2 Å². The number of rotatable bonds is 4. The highest BCUT2D eigenvalue weighted by atomic mass is 79.9. The molecule has 1 atom stereocenters. The van der Waals surface area contributed by atoms with Crippen molar-refractivity contribution in [2.75, 3.05) is 33.3 Å². The van der Waals surface area contributed by atoms with Crippen LogP contribution in [0.4, 0.5) is 4.39 Å². The molecule has 1 saturated heterocycles. The molecule has 0 saturated carbocycles. The molecule has 0 radical (unpaired) electrons. The second kappa shape index (κ2) is 8.10. The summed E-state index contributed by atoms with van der Waals surface area (Å²) in [6.45, 7) is 3.88. The Hall–Kier alpha value is -1.43. The van der Waals surface area contributed by atoms with Crippen LogP contribution in [0.3, 0.4) is 0 Å². The van der Waals surface area contributed by atoms with E-state index in [1.54, 1.807) is 12.1 Å². The zero-order valence-electron chi connectivity index (χ0n) is 13.8. The highest BCUT2D eigenvalue weighted by Crippen LogP contribution is 2.35. The van der Waals surface area contributed by atoms with Crippen molar-refractivity contribution in [3.05, 3.63) is 63.9 Å². The molecule has 0 aromatic heterocycles. The van der Waals surface area contributed by atoms with Gasteiger partial charge in [-0.2, -0.15) is 0 Å². The number of nitrogens with one attached hydrogen (secondary N) is 1. The second-order valence-corrected chi connectivity index (χ2v) is 6.81. The first-order chi connectivity index (χ1) is 11.7. The van der Waals surface area contributed by atoms with E-state index >= 15 is 0 Å². The molecular formula is C19H22BrFN2O. The monoisotopic (exact) mass is 392 g/mol. The SMILES string of the molecule is COc1ccc(C(c2ccccc2Br)N2CCCNCC2)cc1F. The third-order valence-corrected chi connectivity index (χ3v) is 5.15. The van der Waals surface area contributed by atoms with Gasteiger partial charge in [-0.15, -0.1) is 0 Å². The van der Waals surface area contributed by atoms with E-state index in [4.69, 9.17) is 4.74 Å². The zero-order chi connectivity index (χ0) is 16.9. The Kier molecular flexibility index (Phi) is 5.87. The first-order valence-corrected chi connectivity index (χ1v) is 9.02. The average molecular weight is 393 g/mol. The van der Waals surface area contributed by atoms with Crippen LogP contribution in [0.5, 0.6) is 5.75 Å². The van der Waals surface area contributed by atoms with E-state index in [1.807, 2.05) is 24.3 Å². The van der Waals surface area contributed by atoms with Gasteiger partial charge in [0.1, 0.15) is 0 Å². The van der Waals surface area contributed by atoms with E-state index in [2.05, 4.69) is 32.2 Å². The normalized spacial score (nSPS) is 17.3. The van der Waals surface area contributed by atoms with Crippen LogP contribution in [0.2, 0.25) is 0 Å². The predicted molar refractivity (Wildman–Crippen MR) is 98.0 cm³/mol. The number of halogens is 2. The van der Waals surface area contributed by atoms with E-state index < -0.39 is 0 Å². The van der Waals surface area contributed by atoms with Crippen LogP contribution >= 0.6 is 15.9 Å². The summed E-state index contributed by atoms with van der Waals surface area (Å²) < 4.78 is 20.4. The highest BCUT2D eigenvalue weighted by molar-refractivity contribution is 9.10. The fourth-order valence-electron chi connectivity index (χ4n) is 3.26. The molecule has 0 bridgehead atoms. The summed E-state index contributed by atoms with van der Waals surface area (Å²) in [7, 11) is 1.49. The van der Waals surface area contributed by atoms with Crippen LogP contribution in [0.15, 0.2) is 46.9 Å². The number of hydrogen-bond acceptors (Lipinski definition) is 3. The maximum absolute atomic E-state index is 14.3. The fraction of sp³-hybridized carbons (Fsp3) is 0.368. The largest absolute Gasteiger partial charge is 0.494 e. The van der Waals surface area contributed by atoms with Gasteiger partial charge < -0.3 is 10.1 Å². The smallest absolute Gasteiger partial charge is 0.165 e. The topological polar surface area (TPSA) is 24.5 Å². The third kappa shape index (κ3) is 3.79. The Bertz CT molecular complexity index is 687. The van der Waals surface area contributed by atoms with Crippen LogP contribution in [0, 0.1) is 5.82 Å². The minimum atomic E-state index is -0.319. The maximum Gasteiger partial charge on any atom is 0.165 e. The van der Waals surface area contributed by atoms with Gasteiger partial charge in [0.2, 0.25) is 0 Å². The van der Waals surface area contributed by atoms with Gasteiger partial charge in [-0.05, 0) is 42.3 Å². The molecule has 1 aliphatic rings. The molecular weight excluding hydrogens is 371 g/mol. The van der Waals surface area contributed by atoms with E-state index in [-0.39, 0.29) is 17.6 Å². The third-order valence-electron chi connectivity index (χ3n) is 4.43. The molecule has 1 heterocycles. The van der Waals surface area contributed by atoms with Gasteiger partial charge in [0.05, 0.1) is 13.2 Å². The molecule has 1 unspecified atom stereocenters. The van der Waals surface area contributed by atoms with Crippen LogP contribution in [0.25, 0.3) is 0 Å². The van der Waals surface area contributed by atoms with Crippen molar-refractivity contribution in [1.29, 1.82) is 0 Å². The maximum atomic E-state index is 14.3. The van der Waals surface area contributed by atoms with Crippen molar-refractivity contribution in [3.63, 3.8) is 0 Å². The molecule has 5 heteroatoms. The number of methoxy groups -OCH3 is 1. The lowest BCUT2D eigenvalue weighted by molar-refractivity contribution is 0.240. The Balaban J connectivity index is 2.04. The summed E-state index contributed by atoms with van der Waals surface area (Å²) in [5.74, 6) is -0.0397. The van der Waals surface area contributed by atoms with Crippen molar-refractivity contribution in [2.45, 2.75) is 12.5 Å². The van der Waals surface area contributed by atoms with Crippen molar-refractivity contribution in [1.82, 2.24) is 10.2 Å². The lowest BCUT2D eigenvalue weighted by atomic mass is 9.96. The molecule has 1 N–H and O–H groups in total. The number of nitrogens with zero attached hydrogens (tertiary/aromatic N) is 1. The Morgan fingerprint density at radius 2 is 2.00 bits per heavy atom. The summed E-state index contributed by atoms with van der Waals surface area (Å²) in [5, 5.41) is 3.43. The van der Waals surface area contributed by atoms with Crippen LogP contribution in [-0.2, 0) is 0 Å². The Morgan fingerprint density at radius 3 is 2.75 bits per heavy atom. The van der Waals surface area contributed by atoms with E-state index in [0.717, 1.165) is 48.2 Å². The molecule has 3 rings (SSSR count). The number of benzene rings is 2. The quantitative estimate of drug-likeness (QED) is 0.851. The molecule has 0 amide bonds. The van der Waals surface area contributed by atoms with E-state index in [1.165, 1.54) is 7.11 Å². The Labute approximate surface area is 150 Å². The summed E-state index contributed by atoms with van der Waals surface area (Å²) in [4.78, 5) is 2.42. The van der Waals surface area contributed by atoms with Gasteiger partial charge in [0.25, 0.3) is 0 Å². The summed E-state index contributed by atoms with van der Waals surface area (Å²) in [5.41, 5.74) is 2.10. The lowest BCUT2D eigenvalue weighted by Crippen LogP contribution is -2.33. The number of hydrogen-bond donors (Lipinski definition) is 1. The molecule has 3 nitrogen and oxygen atoms in total. The number of ether oxygens (including phenoxy) is 1. The minimum Gasteiger partial charge on any atom is -0.494 e. The highest BCUT2D eigenvalue weighted by Gasteiger charge is 2.25. The average Bonchev–Trinajstić information content (AvgIpc) is 2.86. The molecule has 1 aliphatic heterocycles. The van der Waals surface area contributed by atoms with Crippen molar-refractivity contribution in [2.24, 2.45) is 0 Å². The van der Waals surface area contributed by atoms with Gasteiger partial charge in [0, 0.05) is 24.1 Å². The van der Waals surface area contributed by atoms with Crippen LogP contribution < -0.4 is 10.1 Å². The van der Waals surface area contributed by atoms with Crippen molar-refractivity contribution < 1.29 is 9.13 Å². The fourth-order valence-corrected chi connectivity index (χ4v) is 3.76. The summed E-state index contributed by atoms with van der Waals surface area (Å²) in [6.07, 6.45) is 1.08. The van der Waals surface area contributed by atoms with Gasteiger partial charge in [-0.25, -0.2) is 4.39 Å². The van der Waals surface area contributed by atoms with Crippen molar-refractivity contribution in [3.8, 4) is 5.75 Å². The summed E-state index contributed by atoms with van der Waals surface area (Å²) in [6, 6.07) is 13.5. The molecule has 0 aliphatic carbocycles. The first kappa shape index (κ1) is 17.4. The zero-order valence-corrected chi connectivity index (χ0v) is 15.4. The Morgan fingerprint density at radius 1 is 1.17 bits per heavy atom. The van der Waals surface area contributed by atoms with Crippen LogP contribution in [-0.4, -0.2) is 38.2 Å². The van der Waals surface area contributed by atoms with Crippen LogP contribution in [0.1, 0.15) is 23.6 Å². The summed E-state index contributed by atoms with van der Waals surface area (Å²) >= 11 is 3.67. The van der Waals surface area contributed by atoms with E-state index in [0.29, 0.717) is 0 Å². The predicted octanol–water partition coefficient (Wildman–Crippen LogP) is 3.98.